The third kappa shape index (κ3) is 3.23. The van der Waals surface area contributed by atoms with Crippen LogP contribution in [0.5, 0.6) is 11.5 Å². The molecule has 1 rings (SSSR count). The number of rotatable bonds is 6. The summed E-state index contributed by atoms with van der Waals surface area (Å²) in [7, 11) is 4.35. The minimum Gasteiger partial charge on any atom is -0.493 e. The molecule has 0 bridgehead atoms. The quantitative estimate of drug-likeness (QED) is 0.568. The number of ether oxygens (including phenoxy) is 3. The summed E-state index contributed by atoms with van der Waals surface area (Å²) >= 11 is 0. The third-order valence-corrected chi connectivity index (χ3v) is 2.60. The van der Waals surface area contributed by atoms with Crippen molar-refractivity contribution in [2.75, 3.05) is 21.3 Å². The zero-order chi connectivity index (χ0) is 13.5. The van der Waals surface area contributed by atoms with Crippen molar-refractivity contribution in [1.82, 2.24) is 0 Å². The molecule has 0 aliphatic carbocycles. The Bertz CT molecular complexity index is 439. The SMILES string of the molecule is COC(=O)CCc1cc(OC)c(OC)cc1C=O. The summed E-state index contributed by atoms with van der Waals surface area (Å²) in [5, 5.41) is 0. The smallest absolute Gasteiger partial charge is 0.305 e. The molecule has 0 saturated heterocycles. The van der Waals surface area contributed by atoms with Crippen molar-refractivity contribution >= 4 is 12.3 Å². The predicted octanol–water partition coefficient (Wildman–Crippen LogP) is 1.62. The number of aryl methyl sites for hydroxylation is 1. The van der Waals surface area contributed by atoms with Crippen molar-refractivity contribution in [3.8, 4) is 11.5 Å². The fourth-order valence-electron chi connectivity index (χ4n) is 1.60. The topological polar surface area (TPSA) is 61.8 Å². The van der Waals surface area contributed by atoms with E-state index in [1.807, 2.05) is 0 Å². The van der Waals surface area contributed by atoms with Crippen molar-refractivity contribution in [2.24, 2.45) is 0 Å². The number of aldehydes is 1. The summed E-state index contributed by atoms with van der Waals surface area (Å²) in [4.78, 5) is 22.1. The summed E-state index contributed by atoms with van der Waals surface area (Å²) in [6.45, 7) is 0. The van der Waals surface area contributed by atoms with E-state index in [0.717, 1.165) is 11.8 Å². The average Bonchev–Trinajstić information content (AvgIpc) is 2.43. The lowest BCUT2D eigenvalue weighted by Gasteiger charge is -2.11. The molecule has 5 nitrogen and oxygen atoms in total. The van der Waals surface area contributed by atoms with Crippen LogP contribution in [0.15, 0.2) is 12.1 Å². The van der Waals surface area contributed by atoms with Gasteiger partial charge in [0, 0.05) is 12.0 Å². The molecule has 1 aromatic carbocycles. The zero-order valence-corrected chi connectivity index (χ0v) is 10.7. The van der Waals surface area contributed by atoms with Crippen molar-refractivity contribution in [3.05, 3.63) is 23.3 Å². The highest BCUT2D eigenvalue weighted by Crippen LogP contribution is 2.30. The predicted molar refractivity (Wildman–Crippen MR) is 65.3 cm³/mol. The molecule has 0 N–H and O–H groups in total. The molecule has 5 heteroatoms. The van der Waals surface area contributed by atoms with E-state index < -0.39 is 0 Å². The molecule has 98 valence electrons. The van der Waals surface area contributed by atoms with Gasteiger partial charge in [-0.25, -0.2) is 0 Å². The summed E-state index contributed by atoms with van der Waals surface area (Å²) < 4.78 is 14.8. The molecule has 0 saturated carbocycles. The van der Waals surface area contributed by atoms with Gasteiger partial charge in [-0.05, 0) is 24.1 Å². The fourth-order valence-corrected chi connectivity index (χ4v) is 1.60. The van der Waals surface area contributed by atoms with Crippen LogP contribution >= 0.6 is 0 Å². The van der Waals surface area contributed by atoms with E-state index >= 15 is 0 Å². The van der Waals surface area contributed by atoms with E-state index in [1.165, 1.54) is 21.3 Å². The molecule has 1 aromatic rings. The first-order valence-electron chi connectivity index (χ1n) is 5.43. The van der Waals surface area contributed by atoms with E-state index in [2.05, 4.69) is 4.74 Å². The molecular formula is C13H16O5. The van der Waals surface area contributed by atoms with Gasteiger partial charge in [-0.1, -0.05) is 0 Å². The highest BCUT2D eigenvalue weighted by Gasteiger charge is 2.12. The molecule has 0 heterocycles. The Balaban J connectivity index is 3.01. The molecule has 0 amide bonds. The molecule has 0 fully saturated rings. The van der Waals surface area contributed by atoms with Crippen molar-refractivity contribution in [2.45, 2.75) is 12.8 Å². The van der Waals surface area contributed by atoms with Gasteiger partial charge < -0.3 is 14.2 Å². The molecule has 0 aliphatic heterocycles. The van der Waals surface area contributed by atoms with Gasteiger partial charge in [-0.3, -0.25) is 9.59 Å². The second-order valence-corrected chi connectivity index (χ2v) is 3.60. The van der Waals surface area contributed by atoms with E-state index in [0.29, 0.717) is 23.5 Å². The van der Waals surface area contributed by atoms with Crippen LogP contribution < -0.4 is 9.47 Å². The molecule has 0 aliphatic rings. The Morgan fingerprint density at radius 1 is 1.17 bits per heavy atom. The maximum Gasteiger partial charge on any atom is 0.305 e. The van der Waals surface area contributed by atoms with Crippen LogP contribution in [-0.4, -0.2) is 33.6 Å². The van der Waals surface area contributed by atoms with Crippen molar-refractivity contribution in [3.63, 3.8) is 0 Å². The highest BCUT2D eigenvalue weighted by atomic mass is 16.5. The largest absolute Gasteiger partial charge is 0.493 e. The number of esters is 1. The minimum absolute atomic E-state index is 0.215. The van der Waals surface area contributed by atoms with Gasteiger partial charge in [0.2, 0.25) is 0 Å². The van der Waals surface area contributed by atoms with Crippen LogP contribution in [-0.2, 0) is 16.0 Å². The lowest BCUT2D eigenvalue weighted by molar-refractivity contribution is -0.140. The number of hydrogen-bond acceptors (Lipinski definition) is 5. The Hall–Kier alpha value is -2.04. The van der Waals surface area contributed by atoms with E-state index in [-0.39, 0.29) is 12.4 Å². The summed E-state index contributed by atoms with van der Waals surface area (Å²) in [6, 6.07) is 3.30. The number of carbonyl (C=O) groups excluding carboxylic acids is 2. The number of benzene rings is 1. The average molecular weight is 252 g/mol. The maximum absolute atomic E-state index is 11.1. The Kier molecular flexibility index (Phi) is 5.17. The lowest BCUT2D eigenvalue weighted by Crippen LogP contribution is -2.04. The first-order chi connectivity index (χ1) is 8.65. The molecule has 0 spiro atoms. The minimum atomic E-state index is -0.318. The Morgan fingerprint density at radius 3 is 2.28 bits per heavy atom. The van der Waals surface area contributed by atoms with Crippen molar-refractivity contribution < 1.29 is 23.8 Å². The van der Waals surface area contributed by atoms with Crippen LogP contribution in [0.1, 0.15) is 22.3 Å². The van der Waals surface area contributed by atoms with E-state index in [9.17, 15) is 9.59 Å². The number of carbonyl (C=O) groups is 2. The van der Waals surface area contributed by atoms with Crippen molar-refractivity contribution in [1.29, 1.82) is 0 Å². The Morgan fingerprint density at radius 2 is 1.78 bits per heavy atom. The maximum atomic E-state index is 11.1. The van der Waals surface area contributed by atoms with Gasteiger partial charge in [-0.15, -0.1) is 0 Å². The molecule has 0 unspecified atom stereocenters. The monoisotopic (exact) mass is 252 g/mol. The number of hydrogen-bond donors (Lipinski definition) is 0. The van der Waals surface area contributed by atoms with Crippen LogP contribution in [0.25, 0.3) is 0 Å². The van der Waals surface area contributed by atoms with Gasteiger partial charge in [0.25, 0.3) is 0 Å². The van der Waals surface area contributed by atoms with Gasteiger partial charge in [0.05, 0.1) is 21.3 Å². The standard InChI is InChI=1S/C13H16O5/c1-16-11-6-9(4-5-13(15)18-3)10(8-14)7-12(11)17-2/h6-8H,4-5H2,1-3H3. The van der Waals surface area contributed by atoms with Crippen LogP contribution in [0, 0.1) is 0 Å². The molecular weight excluding hydrogens is 236 g/mol. The normalized spacial score (nSPS) is 9.72. The molecule has 18 heavy (non-hydrogen) atoms. The van der Waals surface area contributed by atoms with Gasteiger partial charge >= 0.3 is 5.97 Å². The van der Waals surface area contributed by atoms with E-state index in [1.54, 1.807) is 12.1 Å². The fraction of sp³-hybridized carbons (Fsp3) is 0.385. The lowest BCUT2D eigenvalue weighted by atomic mass is 10.0. The second kappa shape index (κ2) is 6.64. The van der Waals surface area contributed by atoms with Crippen LogP contribution in [0.2, 0.25) is 0 Å². The molecule has 0 aromatic heterocycles. The molecule has 0 atom stereocenters. The molecule has 0 radical (unpaired) electrons. The zero-order valence-electron chi connectivity index (χ0n) is 10.7. The van der Waals surface area contributed by atoms with Crippen LogP contribution in [0.4, 0.5) is 0 Å². The van der Waals surface area contributed by atoms with E-state index in [4.69, 9.17) is 9.47 Å². The number of methoxy groups -OCH3 is 3. The Labute approximate surface area is 106 Å². The van der Waals surface area contributed by atoms with Gasteiger partial charge in [-0.2, -0.15) is 0 Å². The highest BCUT2D eigenvalue weighted by molar-refractivity contribution is 5.80. The first-order valence-corrected chi connectivity index (χ1v) is 5.43. The summed E-state index contributed by atoms with van der Waals surface area (Å²) in [6.07, 6.45) is 1.36. The first kappa shape index (κ1) is 14.0. The second-order valence-electron chi connectivity index (χ2n) is 3.60. The van der Waals surface area contributed by atoms with Gasteiger partial charge in [0.1, 0.15) is 6.29 Å². The third-order valence-electron chi connectivity index (χ3n) is 2.60. The summed E-state index contributed by atoms with van der Waals surface area (Å²) in [5.41, 5.74) is 1.21. The summed E-state index contributed by atoms with van der Waals surface area (Å²) in [5.74, 6) is 0.700. The van der Waals surface area contributed by atoms with Gasteiger partial charge in [0.15, 0.2) is 11.5 Å². The van der Waals surface area contributed by atoms with Crippen LogP contribution in [0.3, 0.4) is 0 Å².